The summed E-state index contributed by atoms with van der Waals surface area (Å²) < 4.78 is 18.7. The van der Waals surface area contributed by atoms with Gasteiger partial charge < -0.3 is 29.4 Å². The van der Waals surface area contributed by atoms with Crippen LogP contribution in [0.25, 0.3) is 10.9 Å². The van der Waals surface area contributed by atoms with E-state index in [1.54, 1.807) is 21.3 Å². The van der Waals surface area contributed by atoms with Crippen LogP contribution in [0, 0.1) is 0 Å². The fourth-order valence-corrected chi connectivity index (χ4v) is 3.59. The van der Waals surface area contributed by atoms with Crippen LogP contribution in [0.2, 0.25) is 0 Å². The number of ether oxygens (including phenoxy) is 3. The van der Waals surface area contributed by atoms with Gasteiger partial charge >= 0.3 is 0 Å². The molecule has 3 aromatic rings. The summed E-state index contributed by atoms with van der Waals surface area (Å²) in [5, 5.41) is 7.99. The van der Waals surface area contributed by atoms with Gasteiger partial charge in [0.2, 0.25) is 5.75 Å². The summed E-state index contributed by atoms with van der Waals surface area (Å²) in [6.45, 7) is 5.07. The van der Waals surface area contributed by atoms with E-state index in [1.807, 2.05) is 12.1 Å². The number of rotatable bonds is 10. The third kappa shape index (κ3) is 6.21. The SMILES string of the molecule is CCNC(=NCc1ccc(OC)c(OC)c1OC)NCCCn1ccc2ccccc21.I. The molecule has 0 saturated carbocycles. The van der Waals surface area contributed by atoms with Crippen molar-refractivity contribution in [3.63, 3.8) is 0 Å². The lowest BCUT2D eigenvalue weighted by Crippen LogP contribution is -2.38. The summed E-state index contributed by atoms with van der Waals surface area (Å²) in [6.07, 6.45) is 3.13. The molecule has 0 fully saturated rings. The fraction of sp³-hybridized carbons (Fsp3) is 0.375. The predicted molar refractivity (Wildman–Crippen MR) is 141 cm³/mol. The first-order valence-corrected chi connectivity index (χ1v) is 10.6. The molecule has 32 heavy (non-hydrogen) atoms. The molecule has 0 bridgehead atoms. The lowest BCUT2D eigenvalue weighted by molar-refractivity contribution is 0.322. The predicted octanol–water partition coefficient (Wildman–Crippen LogP) is 4.43. The maximum Gasteiger partial charge on any atom is 0.203 e. The van der Waals surface area contributed by atoms with Gasteiger partial charge in [-0.3, -0.25) is 0 Å². The monoisotopic (exact) mass is 552 g/mol. The maximum atomic E-state index is 5.56. The van der Waals surface area contributed by atoms with Gasteiger partial charge in [-0.2, -0.15) is 0 Å². The van der Waals surface area contributed by atoms with Crippen LogP contribution in [0.4, 0.5) is 0 Å². The van der Waals surface area contributed by atoms with Gasteiger partial charge in [0.05, 0.1) is 27.9 Å². The molecular formula is C24H33IN4O3. The third-order valence-corrected chi connectivity index (χ3v) is 5.09. The minimum absolute atomic E-state index is 0. The average molecular weight is 552 g/mol. The van der Waals surface area contributed by atoms with Gasteiger partial charge in [0, 0.05) is 36.9 Å². The fourth-order valence-electron chi connectivity index (χ4n) is 3.59. The molecular weight excluding hydrogens is 519 g/mol. The molecule has 2 aromatic carbocycles. The second-order valence-corrected chi connectivity index (χ2v) is 7.04. The number of aliphatic imine (C=N–C) groups is 1. The molecule has 0 radical (unpaired) electrons. The van der Waals surface area contributed by atoms with Crippen LogP contribution < -0.4 is 24.8 Å². The van der Waals surface area contributed by atoms with Crippen molar-refractivity contribution in [3.05, 3.63) is 54.2 Å². The van der Waals surface area contributed by atoms with Gasteiger partial charge in [-0.1, -0.05) is 18.2 Å². The molecule has 3 rings (SSSR count). The van der Waals surface area contributed by atoms with Gasteiger partial charge in [-0.15, -0.1) is 24.0 Å². The van der Waals surface area contributed by atoms with Crippen molar-refractivity contribution in [2.75, 3.05) is 34.4 Å². The van der Waals surface area contributed by atoms with Gasteiger partial charge in [0.15, 0.2) is 17.5 Å². The normalized spacial score (nSPS) is 11.1. The topological polar surface area (TPSA) is 69.0 Å². The van der Waals surface area contributed by atoms with Crippen molar-refractivity contribution in [2.24, 2.45) is 4.99 Å². The number of benzene rings is 2. The molecule has 0 amide bonds. The van der Waals surface area contributed by atoms with E-state index in [-0.39, 0.29) is 24.0 Å². The first-order valence-electron chi connectivity index (χ1n) is 10.6. The molecule has 0 aliphatic rings. The smallest absolute Gasteiger partial charge is 0.203 e. The second-order valence-electron chi connectivity index (χ2n) is 7.04. The number of aromatic nitrogens is 1. The summed E-state index contributed by atoms with van der Waals surface area (Å²) >= 11 is 0. The molecule has 7 nitrogen and oxygen atoms in total. The highest BCUT2D eigenvalue weighted by Crippen LogP contribution is 2.39. The highest BCUT2D eigenvalue weighted by Gasteiger charge is 2.15. The second kappa shape index (κ2) is 13.0. The first-order chi connectivity index (χ1) is 15.2. The Kier molecular flexibility index (Phi) is 10.5. The molecule has 0 spiro atoms. The van der Waals surface area contributed by atoms with Crippen LogP contribution in [0.1, 0.15) is 18.9 Å². The lowest BCUT2D eigenvalue weighted by atomic mass is 10.1. The molecule has 1 heterocycles. The summed E-state index contributed by atoms with van der Waals surface area (Å²) in [5.41, 5.74) is 2.19. The van der Waals surface area contributed by atoms with Crippen molar-refractivity contribution in [1.29, 1.82) is 0 Å². The van der Waals surface area contributed by atoms with Crippen molar-refractivity contribution in [2.45, 2.75) is 26.4 Å². The molecule has 2 N–H and O–H groups in total. The van der Waals surface area contributed by atoms with E-state index in [1.165, 1.54) is 10.9 Å². The Bertz CT molecular complexity index is 1020. The number of para-hydroxylation sites is 1. The molecule has 8 heteroatoms. The molecule has 0 aliphatic carbocycles. The molecule has 0 aliphatic heterocycles. The van der Waals surface area contributed by atoms with E-state index in [0.717, 1.165) is 37.6 Å². The molecule has 0 unspecified atom stereocenters. The molecule has 174 valence electrons. The van der Waals surface area contributed by atoms with E-state index in [9.17, 15) is 0 Å². The first kappa shape index (κ1) is 25.6. The van der Waals surface area contributed by atoms with Gasteiger partial charge in [-0.05, 0) is 43.0 Å². The third-order valence-electron chi connectivity index (χ3n) is 5.09. The molecule has 0 atom stereocenters. The van der Waals surface area contributed by atoms with Crippen molar-refractivity contribution < 1.29 is 14.2 Å². The Balaban J connectivity index is 0.00000363. The summed E-state index contributed by atoms with van der Waals surface area (Å²) in [5.74, 6) is 2.63. The Morgan fingerprint density at radius 2 is 1.72 bits per heavy atom. The number of halogens is 1. The van der Waals surface area contributed by atoms with Crippen LogP contribution in [0.15, 0.2) is 53.7 Å². The van der Waals surface area contributed by atoms with E-state index in [4.69, 9.17) is 19.2 Å². The number of fused-ring (bicyclic) bond motifs is 1. The Morgan fingerprint density at radius 1 is 0.938 bits per heavy atom. The van der Waals surface area contributed by atoms with Crippen molar-refractivity contribution in [1.82, 2.24) is 15.2 Å². The number of nitrogens with one attached hydrogen (secondary N) is 2. The Labute approximate surface area is 207 Å². The number of guanidine groups is 1. The van der Waals surface area contributed by atoms with Gasteiger partial charge in [0.25, 0.3) is 0 Å². The highest BCUT2D eigenvalue weighted by molar-refractivity contribution is 14.0. The number of nitrogens with zero attached hydrogens (tertiary/aromatic N) is 2. The minimum Gasteiger partial charge on any atom is -0.493 e. The summed E-state index contributed by atoms with van der Waals surface area (Å²) in [7, 11) is 4.84. The summed E-state index contributed by atoms with van der Waals surface area (Å²) in [6, 6.07) is 14.4. The van der Waals surface area contributed by atoms with Crippen LogP contribution >= 0.6 is 24.0 Å². The Hall–Kier alpha value is -2.62. The van der Waals surface area contributed by atoms with Crippen LogP contribution in [-0.2, 0) is 13.1 Å². The largest absolute Gasteiger partial charge is 0.493 e. The van der Waals surface area contributed by atoms with E-state index in [2.05, 4.69) is 58.7 Å². The van der Waals surface area contributed by atoms with Gasteiger partial charge in [0.1, 0.15) is 0 Å². The lowest BCUT2D eigenvalue weighted by Gasteiger charge is -2.16. The van der Waals surface area contributed by atoms with E-state index in [0.29, 0.717) is 23.8 Å². The van der Waals surface area contributed by atoms with E-state index < -0.39 is 0 Å². The van der Waals surface area contributed by atoms with Crippen molar-refractivity contribution in [3.8, 4) is 17.2 Å². The molecule has 1 aromatic heterocycles. The average Bonchev–Trinajstić information content (AvgIpc) is 3.22. The number of hydrogen-bond acceptors (Lipinski definition) is 4. The quantitative estimate of drug-likeness (QED) is 0.169. The molecule has 0 saturated heterocycles. The Morgan fingerprint density at radius 3 is 2.44 bits per heavy atom. The maximum absolute atomic E-state index is 5.56. The highest BCUT2D eigenvalue weighted by atomic mass is 127. The number of methoxy groups -OCH3 is 3. The standard InChI is InChI=1S/C24H32N4O3.HI/c1-5-25-24(26-14-8-15-28-16-13-18-9-6-7-10-20(18)28)27-17-19-11-12-21(29-2)23(31-4)22(19)30-3;/h6-7,9-13,16H,5,8,14-15,17H2,1-4H3,(H2,25,26,27);1H. The minimum atomic E-state index is 0. The zero-order valence-corrected chi connectivity index (χ0v) is 21.5. The van der Waals surface area contributed by atoms with E-state index >= 15 is 0 Å². The van der Waals surface area contributed by atoms with Crippen LogP contribution in [0.5, 0.6) is 17.2 Å². The van der Waals surface area contributed by atoms with Crippen LogP contribution in [-0.4, -0.2) is 44.9 Å². The van der Waals surface area contributed by atoms with Crippen LogP contribution in [0.3, 0.4) is 0 Å². The van der Waals surface area contributed by atoms with Gasteiger partial charge in [-0.25, -0.2) is 4.99 Å². The van der Waals surface area contributed by atoms with Crippen molar-refractivity contribution >= 4 is 40.8 Å². The number of aryl methyl sites for hydroxylation is 1. The zero-order valence-electron chi connectivity index (χ0n) is 19.2. The number of hydrogen-bond donors (Lipinski definition) is 2. The zero-order chi connectivity index (χ0) is 22.1. The summed E-state index contributed by atoms with van der Waals surface area (Å²) in [4.78, 5) is 4.72.